The van der Waals surface area contributed by atoms with E-state index in [0.717, 1.165) is 33.8 Å². The summed E-state index contributed by atoms with van der Waals surface area (Å²) in [6, 6.07) is 10.8. The summed E-state index contributed by atoms with van der Waals surface area (Å²) < 4.78 is 55.4. The zero-order valence-electron chi connectivity index (χ0n) is 21.6. The van der Waals surface area contributed by atoms with Crippen LogP contribution in [0.1, 0.15) is 48.0 Å². The van der Waals surface area contributed by atoms with Crippen LogP contribution in [0.5, 0.6) is 5.75 Å². The number of ether oxygens (including phenoxy) is 3. The number of carbonyl (C=O) groups excluding carboxylic acids is 1. The number of carbonyl (C=O) groups is 1. The first-order valence-corrected chi connectivity index (χ1v) is 13.0. The highest BCUT2D eigenvalue weighted by atomic mass is 32.1. The number of benzene rings is 2. The van der Waals surface area contributed by atoms with Gasteiger partial charge in [-0.3, -0.25) is 0 Å². The molecule has 200 valence electrons. The molecule has 5 nitrogen and oxygen atoms in total. The third-order valence-corrected chi connectivity index (χ3v) is 7.03. The summed E-state index contributed by atoms with van der Waals surface area (Å²) in [5.74, 6) is 0.344. The number of hydrogen-bond acceptors (Lipinski definition) is 6. The third-order valence-electron chi connectivity index (χ3n) is 5.80. The molecule has 0 saturated heterocycles. The van der Waals surface area contributed by atoms with E-state index in [1.54, 1.807) is 6.92 Å². The summed E-state index contributed by atoms with van der Waals surface area (Å²) in [5, 5.41) is 0.680. The molecule has 0 radical (unpaired) electrons. The Bertz CT molecular complexity index is 1190. The third kappa shape index (κ3) is 7.79. The van der Waals surface area contributed by atoms with Gasteiger partial charge in [0.1, 0.15) is 16.9 Å². The van der Waals surface area contributed by atoms with E-state index in [2.05, 4.69) is 4.98 Å². The number of aromatic nitrogens is 1. The first-order valence-electron chi connectivity index (χ1n) is 12.2. The Balaban J connectivity index is 1.65. The van der Waals surface area contributed by atoms with Gasteiger partial charge < -0.3 is 14.2 Å². The molecule has 1 heterocycles. The van der Waals surface area contributed by atoms with Crippen LogP contribution < -0.4 is 4.74 Å². The standard InChI is InChI=1S/C28H32F3NO4S/c1-6-34-24(27(33)35-7-2)16-21-10-13-23(14-17(21)3)36-18(4)15-25-19(5)32-26(37-25)20-8-11-22(12-9-20)28(29,30)31/h8-14,18,24H,6-7,15-16H2,1-5H3. The molecule has 0 N–H and O–H groups in total. The highest BCUT2D eigenvalue weighted by molar-refractivity contribution is 7.15. The molecule has 1 aromatic heterocycles. The van der Waals surface area contributed by atoms with Crippen molar-refractivity contribution in [2.75, 3.05) is 13.2 Å². The maximum absolute atomic E-state index is 12.9. The Morgan fingerprint density at radius 3 is 2.32 bits per heavy atom. The van der Waals surface area contributed by atoms with Crippen LogP contribution in [0.3, 0.4) is 0 Å². The first kappa shape index (κ1) is 28.7. The maximum Gasteiger partial charge on any atom is 0.416 e. The summed E-state index contributed by atoms with van der Waals surface area (Å²) >= 11 is 1.46. The predicted octanol–water partition coefficient (Wildman–Crippen LogP) is 6.97. The Labute approximate surface area is 219 Å². The zero-order chi connectivity index (χ0) is 27.2. The molecule has 0 saturated carbocycles. The van der Waals surface area contributed by atoms with Crippen molar-refractivity contribution in [3.63, 3.8) is 0 Å². The van der Waals surface area contributed by atoms with E-state index in [0.29, 0.717) is 42.4 Å². The molecule has 2 atom stereocenters. The van der Waals surface area contributed by atoms with Crippen molar-refractivity contribution in [2.45, 2.75) is 65.8 Å². The van der Waals surface area contributed by atoms with Crippen LogP contribution in [-0.4, -0.2) is 36.4 Å². The topological polar surface area (TPSA) is 57.7 Å². The van der Waals surface area contributed by atoms with Crippen molar-refractivity contribution >= 4 is 17.3 Å². The summed E-state index contributed by atoms with van der Waals surface area (Å²) in [6.07, 6.45) is -4.14. The Morgan fingerprint density at radius 2 is 1.73 bits per heavy atom. The number of thiazole rings is 1. The lowest BCUT2D eigenvalue weighted by atomic mass is 10.0. The van der Waals surface area contributed by atoms with Gasteiger partial charge in [0, 0.05) is 29.9 Å². The molecule has 2 aromatic carbocycles. The van der Waals surface area contributed by atoms with Gasteiger partial charge in [0.05, 0.1) is 17.9 Å². The van der Waals surface area contributed by atoms with E-state index in [1.165, 1.54) is 23.5 Å². The van der Waals surface area contributed by atoms with Gasteiger partial charge in [-0.15, -0.1) is 11.3 Å². The van der Waals surface area contributed by atoms with E-state index in [-0.39, 0.29) is 12.1 Å². The van der Waals surface area contributed by atoms with E-state index in [9.17, 15) is 18.0 Å². The van der Waals surface area contributed by atoms with Crippen LogP contribution in [0.15, 0.2) is 42.5 Å². The van der Waals surface area contributed by atoms with Crippen LogP contribution in [-0.2, 0) is 33.3 Å². The van der Waals surface area contributed by atoms with Crippen molar-refractivity contribution in [3.05, 3.63) is 69.7 Å². The molecule has 0 bridgehead atoms. The summed E-state index contributed by atoms with van der Waals surface area (Å²) in [4.78, 5) is 17.8. The maximum atomic E-state index is 12.9. The number of alkyl halides is 3. The van der Waals surface area contributed by atoms with Crippen LogP contribution in [0.25, 0.3) is 10.6 Å². The smallest absolute Gasteiger partial charge is 0.416 e. The largest absolute Gasteiger partial charge is 0.490 e. The summed E-state index contributed by atoms with van der Waals surface area (Å²) in [7, 11) is 0. The number of rotatable bonds is 11. The molecule has 0 fully saturated rings. The molecule has 3 aromatic rings. The van der Waals surface area contributed by atoms with E-state index >= 15 is 0 Å². The molecule has 3 rings (SSSR count). The zero-order valence-corrected chi connectivity index (χ0v) is 22.5. The lowest BCUT2D eigenvalue weighted by Crippen LogP contribution is -2.29. The van der Waals surface area contributed by atoms with Crippen molar-refractivity contribution < 1.29 is 32.2 Å². The normalized spacial score (nSPS) is 13.3. The second-order valence-corrected chi connectivity index (χ2v) is 9.81. The van der Waals surface area contributed by atoms with Crippen LogP contribution in [0.2, 0.25) is 0 Å². The quantitative estimate of drug-likeness (QED) is 0.248. The number of hydrogen-bond donors (Lipinski definition) is 0. The van der Waals surface area contributed by atoms with E-state index < -0.39 is 17.8 Å². The van der Waals surface area contributed by atoms with Gasteiger partial charge in [0.25, 0.3) is 0 Å². The molecule has 0 spiro atoms. The Kier molecular flexibility index (Phi) is 9.73. The van der Waals surface area contributed by atoms with Gasteiger partial charge in [0.15, 0.2) is 6.10 Å². The molecule has 9 heteroatoms. The van der Waals surface area contributed by atoms with Gasteiger partial charge in [-0.05, 0) is 70.0 Å². The molecular formula is C28H32F3NO4S. The molecule has 0 amide bonds. The lowest BCUT2D eigenvalue weighted by molar-refractivity contribution is -0.156. The fourth-order valence-corrected chi connectivity index (χ4v) is 5.08. The van der Waals surface area contributed by atoms with Crippen LogP contribution >= 0.6 is 11.3 Å². The molecule has 0 aliphatic carbocycles. The highest BCUT2D eigenvalue weighted by Gasteiger charge is 2.30. The van der Waals surface area contributed by atoms with Crippen molar-refractivity contribution in [3.8, 4) is 16.3 Å². The number of aryl methyl sites for hydroxylation is 2. The van der Waals surface area contributed by atoms with Gasteiger partial charge in [-0.25, -0.2) is 9.78 Å². The summed E-state index contributed by atoms with van der Waals surface area (Å²) in [6.45, 7) is 10.1. The first-order chi connectivity index (χ1) is 17.5. The minimum atomic E-state index is -4.36. The SMILES string of the molecule is CCOC(=O)C(Cc1ccc(OC(C)Cc2sc(-c3ccc(C(F)(F)F)cc3)nc2C)cc1C)OCC. The average molecular weight is 536 g/mol. The predicted molar refractivity (Wildman–Crippen MR) is 138 cm³/mol. The molecule has 0 aliphatic rings. The summed E-state index contributed by atoms with van der Waals surface area (Å²) in [5.41, 5.74) is 2.77. The monoisotopic (exact) mass is 535 g/mol. The van der Waals surface area contributed by atoms with E-state index in [4.69, 9.17) is 14.2 Å². The Morgan fingerprint density at radius 1 is 1.03 bits per heavy atom. The minimum Gasteiger partial charge on any atom is -0.490 e. The number of esters is 1. The average Bonchev–Trinajstić information content (AvgIpc) is 3.19. The second kappa shape index (κ2) is 12.6. The fraction of sp³-hybridized carbons (Fsp3) is 0.429. The minimum absolute atomic E-state index is 0.152. The van der Waals surface area contributed by atoms with Crippen LogP contribution in [0, 0.1) is 13.8 Å². The molecular weight excluding hydrogens is 503 g/mol. The van der Waals surface area contributed by atoms with Crippen molar-refractivity contribution in [1.82, 2.24) is 4.98 Å². The fourth-order valence-electron chi connectivity index (χ4n) is 3.89. The Hall–Kier alpha value is -2.91. The van der Waals surface area contributed by atoms with Gasteiger partial charge in [-0.1, -0.05) is 18.2 Å². The van der Waals surface area contributed by atoms with Gasteiger partial charge >= 0.3 is 12.1 Å². The van der Waals surface area contributed by atoms with Crippen molar-refractivity contribution in [2.24, 2.45) is 0 Å². The van der Waals surface area contributed by atoms with E-state index in [1.807, 2.05) is 45.9 Å². The number of nitrogens with zero attached hydrogens (tertiary/aromatic N) is 1. The van der Waals surface area contributed by atoms with Crippen LogP contribution in [0.4, 0.5) is 13.2 Å². The highest BCUT2D eigenvalue weighted by Crippen LogP contribution is 2.33. The molecule has 0 aliphatic heterocycles. The van der Waals surface area contributed by atoms with Gasteiger partial charge in [0.2, 0.25) is 0 Å². The number of halogens is 3. The van der Waals surface area contributed by atoms with Gasteiger partial charge in [-0.2, -0.15) is 13.2 Å². The molecule has 37 heavy (non-hydrogen) atoms. The molecule has 2 unspecified atom stereocenters. The second-order valence-electron chi connectivity index (χ2n) is 8.72. The van der Waals surface area contributed by atoms with Crippen molar-refractivity contribution in [1.29, 1.82) is 0 Å². The lowest BCUT2D eigenvalue weighted by Gasteiger charge is -2.18.